The predicted octanol–water partition coefficient (Wildman–Crippen LogP) is 3.75. The molecule has 0 aromatic heterocycles. The van der Waals surface area contributed by atoms with Gasteiger partial charge in [0.2, 0.25) is 0 Å². The summed E-state index contributed by atoms with van der Waals surface area (Å²) in [5.41, 5.74) is 7.98. The maximum Gasteiger partial charge on any atom is 0.122 e. The fourth-order valence-electron chi connectivity index (χ4n) is 2.90. The Morgan fingerprint density at radius 2 is 2.11 bits per heavy atom. The topological polar surface area (TPSA) is 53.1 Å². The summed E-state index contributed by atoms with van der Waals surface area (Å²) in [4.78, 5) is 2.45. The van der Waals surface area contributed by atoms with Gasteiger partial charge in [-0.3, -0.25) is 5.41 Å². The van der Waals surface area contributed by atoms with Gasteiger partial charge in [0.25, 0.3) is 0 Å². The van der Waals surface area contributed by atoms with E-state index in [4.69, 9.17) is 11.1 Å². The normalized spacial score (nSPS) is 17.7. The van der Waals surface area contributed by atoms with Crippen molar-refractivity contribution in [2.24, 2.45) is 11.1 Å². The summed E-state index contributed by atoms with van der Waals surface area (Å²) < 4.78 is 1.03. The van der Waals surface area contributed by atoms with Crippen LogP contribution in [0, 0.1) is 10.8 Å². The van der Waals surface area contributed by atoms with E-state index in [1.54, 1.807) is 0 Å². The Hall–Kier alpha value is -1.03. The number of halogens is 1. The maximum absolute atomic E-state index is 7.48. The van der Waals surface area contributed by atoms with Gasteiger partial charge in [-0.25, -0.2) is 0 Å². The SMILES string of the molecule is CCC1(CC)CCN(c2ccc(C(=N)N)cc2Br)C1. The van der Waals surface area contributed by atoms with Crippen molar-refractivity contribution in [2.75, 3.05) is 18.0 Å². The van der Waals surface area contributed by atoms with Crippen LogP contribution in [-0.4, -0.2) is 18.9 Å². The smallest absolute Gasteiger partial charge is 0.122 e. The van der Waals surface area contributed by atoms with E-state index in [2.05, 4.69) is 40.7 Å². The van der Waals surface area contributed by atoms with E-state index < -0.39 is 0 Å². The zero-order valence-corrected chi connectivity index (χ0v) is 13.3. The van der Waals surface area contributed by atoms with Crippen molar-refractivity contribution in [2.45, 2.75) is 33.1 Å². The van der Waals surface area contributed by atoms with Gasteiger partial charge in [-0.2, -0.15) is 0 Å². The molecule has 1 aliphatic heterocycles. The number of rotatable bonds is 4. The van der Waals surface area contributed by atoms with Crippen LogP contribution in [0.3, 0.4) is 0 Å². The highest BCUT2D eigenvalue weighted by Gasteiger charge is 2.35. The minimum absolute atomic E-state index is 0.116. The molecule has 4 heteroatoms. The molecule has 0 unspecified atom stereocenters. The van der Waals surface area contributed by atoms with Crippen molar-refractivity contribution in [1.82, 2.24) is 0 Å². The summed E-state index contributed by atoms with van der Waals surface area (Å²) in [6.07, 6.45) is 3.74. The monoisotopic (exact) mass is 323 g/mol. The second-order valence-corrected chi connectivity index (χ2v) is 6.31. The molecule has 1 aliphatic rings. The van der Waals surface area contributed by atoms with E-state index in [1.807, 2.05) is 12.1 Å². The third-order valence-electron chi connectivity index (χ3n) is 4.54. The quantitative estimate of drug-likeness (QED) is 0.655. The van der Waals surface area contributed by atoms with Crippen molar-refractivity contribution < 1.29 is 0 Å². The van der Waals surface area contributed by atoms with Crippen LogP contribution in [0.15, 0.2) is 22.7 Å². The second kappa shape index (κ2) is 5.53. The first-order valence-electron chi connectivity index (χ1n) is 6.90. The van der Waals surface area contributed by atoms with Crippen molar-refractivity contribution in [3.05, 3.63) is 28.2 Å². The molecule has 1 aromatic rings. The minimum atomic E-state index is 0.116. The Kier molecular flexibility index (Phi) is 4.19. The van der Waals surface area contributed by atoms with Crippen molar-refractivity contribution in [3.8, 4) is 0 Å². The predicted molar refractivity (Wildman–Crippen MR) is 85.0 cm³/mol. The van der Waals surface area contributed by atoms with E-state index in [0.29, 0.717) is 5.41 Å². The van der Waals surface area contributed by atoms with E-state index in [1.165, 1.54) is 24.9 Å². The molecule has 1 saturated heterocycles. The lowest BCUT2D eigenvalue weighted by Gasteiger charge is -2.27. The van der Waals surface area contributed by atoms with Crippen LogP contribution < -0.4 is 10.6 Å². The molecule has 1 aromatic carbocycles. The lowest BCUT2D eigenvalue weighted by atomic mass is 9.82. The van der Waals surface area contributed by atoms with Crippen LogP contribution in [0.25, 0.3) is 0 Å². The third-order valence-corrected chi connectivity index (χ3v) is 5.17. The molecule has 0 radical (unpaired) electrons. The molecule has 1 heterocycles. The highest BCUT2D eigenvalue weighted by atomic mass is 79.9. The molecule has 0 amide bonds. The number of nitrogens with one attached hydrogen (secondary N) is 1. The molecule has 104 valence electrons. The largest absolute Gasteiger partial charge is 0.384 e. The van der Waals surface area contributed by atoms with Gasteiger partial charge in [-0.05, 0) is 58.8 Å². The van der Waals surface area contributed by atoms with Gasteiger partial charge in [-0.15, -0.1) is 0 Å². The Morgan fingerprint density at radius 1 is 1.42 bits per heavy atom. The molecule has 2 rings (SSSR count). The molecule has 19 heavy (non-hydrogen) atoms. The van der Waals surface area contributed by atoms with E-state index in [0.717, 1.165) is 23.1 Å². The summed E-state index contributed by atoms with van der Waals surface area (Å²) in [7, 11) is 0. The van der Waals surface area contributed by atoms with Gasteiger partial charge in [0.05, 0.1) is 5.69 Å². The highest BCUT2D eigenvalue weighted by molar-refractivity contribution is 9.10. The Bertz CT molecular complexity index is 480. The lowest BCUT2D eigenvalue weighted by Crippen LogP contribution is -2.26. The average Bonchev–Trinajstić information content (AvgIpc) is 2.83. The first-order valence-corrected chi connectivity index (χ1v) is 7.69. The molecular weight excluding hydrogens is 302 g/mol. The summed E-state index contributed by atoms with van der Waals surface area (Å²) in [5, 5.41) is 7.48. The zero-order valence-electron chi connectivity index (χ0n) is 11.7. The van der Waals surface area contributed by atoms with Crippen LogP contribution in [0.1, 0.15) is 38.7 Å². The first-order chi connectivity index (χ1) is 9.01. The van der Waals surface area contributed by atoms with Crippen LogP contribution in [0.2, 0.25) is 0 Å². The summed E-state index contributed by atoms with van der Waals surface area (Å²) in [6, 6.07) is 5.94. The van der Waals surface area contributed by atoms with Gasteiger partial charge in [0, 0.05) is 23.1 Å². The second-order valence-electron chi connectivity index (χ2n) is 5.46. The Labute approximate surface area is 123 Å². The molecule has 3 N–H and O–H groups in total. The standard InChI is InChI=1S/C15H22BrN3/c1-3-15(4-2)7-8-19(10-15)13-6-5-11(14(17)18)9-12(13)16/h5-6,9H,3-4,7-8,10H2,1-2H3,(H3,17,18). The molecule has 0 aliphatic carbocycles. The molecule has 0 spiro atoms. The van der Waals surface area contributed by atoms with E-state index >= 15 is 0 Å². The van der Waals surface area contributed by atoms with Crippen LogP contribution >= 0.6 is 15.9 Å². The number of nitrogens with two attached hydrogens (primary N) is 1. The molecule has 0 atom stereocenters. The average molecular weight is 324 g/mol. The fourth-order valence-corrected chi connectivity index (χ4v) is 3.53. The Morgan fingerprint density at radius 3 is 2.58 bits per heavy atom. The van der Waals surface area contributed by atoms with Gasteiger partial charge < -0.3 is 10.6 Å². The summed E-state index contributed by atoms with van der Waals surface area (Å²) in [6.45, 7) is 6.82. The number of nitrogen functional groups attached to an aromatic ring is 1. The summed E-state index contributed by atoms with van der Waals surface area (Å²) in [5.74, 6) is 0.116. The first kappa shape index (κ1) is 14.4. The van der Waals surface area contributed by atoms with Crippen molar-refractivity contribution in [1.29, 1.82) is 5.41 Å². The number of nitrogens with zero attached hydrogens (tertiary/aromatic N) is 1. The molecule has 1 fully saturated rings. The Balaban J connectivity index is 2.22. The molecule has 3 nitrogen and oxygen atoms in total. The van der Waals surface area contributed by atoms with Gasteiger partial charge in [0.1, 0.15) is 5.84 Å². The number of benzene rings is 1. The van der Waals surface area contributed by atoms with E-state index in [-0.39, 0.29) is 5.84 Å². The summed E-state index contributed by atoms with van der Waals surface area (Å²) >= 11 is 3.61. The van der Waals surface area contributed by atoms with Crippen molar-refractivity contribution in [3.63, 3.8) is 0 Å². The van der Waals surface area contributed by atoms with Crippen LogP contribution in [0.5, 0.6) is 0 Å². The highest BCUT2D eigenvalue weighted by Crippen LogP contribution is 2.40. The molecule has 0 saturated carbocycles. The number of hydrogen-bond acceptors (Lipinski definition) is 2. The molecule has 0 bridgehead atoms. The minimum Gasteiger partial charge on any atom is -0.384 e. The zero-order chi connectivity index (χ0) is 14.0. The number of anilines is 1. The van der Waals surface area contributed by atoms with E-state index in [9.17, 15) is 0 Å². The third kappa shape index (κ3) is 2.78. The fraction of sp³-hybridized carbons (Fsp3) is 0.533. The van der Waals surface area contributed by atoms with Gasteiger partial charge in [0.15, 0.2) is 0 Å². The van der Waals surface area contributed by atoms with Crippen LogP contribution in [-0.2, 0) is 0 Å². The lowest BCUT2D eigenvalue weighted by molar-refractivity contribution is 0.301. The number of amidine groups is 1. The van der Waals surface area contributed by atoms with Gasteiger partial charge in [-0.1, -0.05) is 13.8 Å². The van der Waals surface area contributed by atoms with Gasteiger partial charge >= 0.3 is 0 Å². The van der Waals surface area contributed by atoms with Crippen LogP contribution in [0.4, 0.5) is 5.69 Å². The maximum atomic E-state index is 7.48. The number of hydrogen-bond donors (Lipinski definition) is 2. The van der Waals surface area contributed by atoms with Crippen molar-refractivity contribution >= 4 is 27.5 Å². The molecular formula is C15H22BrN3.